The highest BCUT2D eigenvalue weighted by molar-refractivity contribution is 5.75. The van der Waals surface area contributed by atoms with Crippen LogP contribution in [-0.2, 0) is 14.3 Å². The molecule has 1 aromatic rings. The molecule has 2 N–H and O–H groups in total. The van der Waals surface area contributed by atoms with Crippen molar-refractivity contribution in [3.8, 4) is 0 Å². The molecule has 1 rings (SSSR count). The topological polar surface area (TPSA) is 116 Å². The Kier molecular flexibility index (Phi) is 44.0. The number of hydrogen-bond acceptors (Lipinski definition) is 8. The van der Waals surface area contributed by atoms with Crippen LogP contribution in [-0.4, -0.2) is 68.8 Å². The van der Waals surface area contributed by atoms with Gasteiger partial charge >= 0.3 is 5.97 Å². The first-order valence-corrected chi connectivity index (χ1v) is 27.4. The number of carbonyl (C=O) groups excluding carboxylic acids is 1. The number of carbonyl (C=O) groups is 2. The van der Waals surface area contributed by atoms with Crippen LogP contribution in [0.1, 0.15) is 265 Å². The van der Waals surface area contributed by atoms with Crippen molar-refractivity contribution < 1.29 is 19.4 Å². The molecular formula is C55H105N3O6. The van der Waals surface area contributed by atoms with Gasteiger partial charge in [-0.25, -0.2) is 0 Å². The van der Waals surface area contributed by atoms with E-state index >= 15 is 0 Å². The third-order valence-corrected chi connectivity index (χ3v) is 13.1. The summed E-state index contributed by atoms with van der Waals surface area (Å²) in [5.74, 6) is 0.876. The monoisotopic (exact) mass is 904 g/mol. The second kappa shape index (κ2) is 45.7. The first-order chi connectivity index (χ1) is 31.2. The fourth-order valence-corrected chi connectivity index (χ4v) is 9.16. The normalized spacial score (nSPS) is 11.9. The summed E-state index contributed by atoms with van der Waals surface area (Å²) in [6, 6.07) is 0. The summed E-state index contributed by atoms with van der Waals surface area (Å²) in [5.41, 5.74) is 0.529. The van der Waals surface area contributed by atoms with E-state index in [4.69, 9.17) is 14.6 Å². The van der Waals surface area contributed by atoms with E-state index in [-0.39, 0.29) is 29.4 Å². The van der Waals surface area contributed by atoms with Crippen LogP contribution in [0.3, 0.4) is 0 Å². The van der Waals surface area contributed by atoms with Crippen molar-refractivity contribution >= 4 is 23.8 Å². The van der Waals surface area contributed by atoms with Crippen molar-refractivity contribution in [2.75, 3.05) is 50.5 Å². The van der Waals surface area contributed by atoms with Gasteiger partial charge in [-0.1, -0.05) is 207 Å². The Hall–Kier alpha value is -2.42. The maximum atomic E-state index is 13.0. The number of anilines is 2. The van der Waals surface area contributed by atoms with E-state index in [0.29, 0.717) is 17.8 Å². The Bertz CT molecular complexity index is 1230. The molecule has 9 heteroatoms. The SMILES string of the molecule is CCCCCCCCC(CCCCCCCC)CCCCCCCN(CCCCCCCC(=O)OC(CCC)CCCCCCCC)c1c(NCCCCN(C)C)c(=O)c1=O.O=CO. The summed E-state index contributed by atoms with van der Waals surface area (Å²) >= 11 is 0. The van der Waals surface area contributed by atoms with Gasteiger partial charge in [0.2, 0.25) is 0 Å². The highest BCUT2D eigenvalue weighted by Gasteiger charge is 2.25. The van der Waals surface area contributed by atoms with E-state index in [0.717, 1.165) is 109 Å². The summed E-state index contributed by atoms with van der Waals surface area (Å²) in [7, 11) is 4.17. The Labute approximate surface area is 395 Å². The van der Waals surface area contributed by atoms with Gasteiger partial charge in [-0.05, 0) is 77.9 Å². The number of carboxylic acid groups (broad SMARTS) is 1. The highest BCUT2D eigenvalue weighted by Crippen LogP contribution is 2.26. The number of nitrogens with zero attached hydrogens (tertiary/aromatic N) is 2. The summed E-state index contributed by atoms with van der Waals surface area (Å²) in [6.07, 6.45) is 45.3. The van der Waals surface area contributed by atoms with Gasteiger partial charge < -0.3 is 25.0 Å². The molecule has 0 aliphatic carbocycles. The van der Waals surface area contributed by atoms with Crippen LogP contribution in [0.4, 0.5) is 11.4 Å². The first-order valence-electron chi connectivity index (χ1n) is 27.4. The minimum Gasteiger partial charge on any atom is -0.483 e. The van der Waals surface area contributed by atoms with Gasteiger partial charge in [-0.3, -0.25) is 19.2 Å². The summed E-state index contributed by atoms with van der Waals surface area (Å²) in [6.45, 7) is 12.2. The molecule has 0 spiro atoms. The van der Waals surface area contributed by atoms with Gasteiger partial charge in [0, 0.05) is 26.1 Å². The molecule has 0 aliphatic rings. The van der Waals surface area contributed by atoms with Gasteiger partial charge in [0.1, 0.15) is 17.5 Å². The summed E-state index contributed by atoms with van der Waals surface area (Å²) < 4.78 is 5.92. The molecule has 0 heterocycles. The molecule has 1 unspecified atom stereocenters. The van der Waals surface area contributed by atoms with Gasteiger partial charge in [-0.15, -0.1) is 0 Å². The Morgan fingerprint density at radius 1 is 0.531 bits per heavy atom. The molecule has 0 saturated carbocycles. The third kappa shape index (κ3) is 34.9. The summed E-state index contributed by atoms with van der Waals surface area (Å²) in [5, 5.41) is 10.3. The van der Waals surface area contributed by atoms with Crippen LogP contribution < -0.4 is 21.1 Å². The molecule has 1 atom stereocenters. The van der Waals surface area contributed by atoms with Gasteiger partial charge in [-0.2, -0.15) is 0 Å². The van der Waals surface area contributed by atoms with Crippen molar-refractivity contribution in [2.24, 2.45) is 5.92 Å². The lowest BCUT2D eigenvalue weighted by molar-refractivity contribution is -0.150. The minimum atomic E-state index is -0.343. The second-order valence-corrected chi connectivity index (χ2v) is 19.4. The number of hydrogen-bond donors (Lipinski definition) is 2. The Balaban J connectivity index is 0.0000128. The Morgan fingerprint density at radius 2 is 0.938 bits per heavy atom. The molecule has 0 bridgehead atoms. The predicted octanol–water partition coefficient (Wildman–Crippen LogP) is 14.8. The van der Waals surface area contributed by atoms with Crippen LogP contribution >= 0.6 is 0 Å². The lowest BCUT2D eigenvalue weighted by atomic mass is 9.89. The zero-order valence-electron chi connectivity index (χ0n) is 43.1. The zero-order chi connectivity index (χ0) is 47.3. The number of esters is 1. The minimum absolute atomic E-state index is 0.0291. The molecule has 0 aromatic heterocycles. The molecule has 0 amide bonds. The lowest BCUT2D eigenvalue weighted by Gasteiger charge is -2.28. The molecule has 1 aromatic carbocycles. The average Bonchev–Trinajstić information content (AvgIpc) is 3.27. The van der Waals surface area contributed by atoms with Crippen molar-refractivity contribution in [1.29, 1.82) is 0 Å². The number of unbranched alkanes of at least 4 members (excludes halogenated alkanes) is 24. The van der Waals surface area contributed by atoms with Gasteiger partial charge in [0.05, 0.1) is 0 Å². The lowest BCUT2D eigenvalue weighted by Crippen LogP contribution is -2.43. The highest BCUT2D eigenvalue weighted by atomic mass is 16.5. The number of ether oxygens (including phenoxy) is 1. The van der Waals surface area contributed by atoms with Crippen LogP contribution in [0, 0.1) is 5.92 Å². The molecular weight excluding hydrogens is 799 g/mol. The van der Waals surface area contributed by atoms with Crippen LogP contribution in [0.25, 0.3) is 0 Å². The van der Waals surface area contributed by atoms with Gasteiger partial charge in [0.15, 0.2) is 0 Å². The number of nitrogens with one attached hydrogen (secondary N) is 1. The second-order valence-electron chi connectivity index (χ2n) is 19.4. The van der Waals surface area contributed by atoms with Crippen LogP contribution in [0.2, 0.25) is 0 Å². The van der Waals surface area contributed by atoms with E-state index in [1.807, 2.05) is 0 Å². The van der Waals surface area contributed by atoms with E-state index in [1.165, 1.54) is 154 Å². The van der Waals surface area contributed by atoms with E-state index in [1.54, 1.807) is 0 Å². The fraction of sp³-hybridized carbons (Fsp3) is 0.891. The smallest absolute Gasteiger partial charge is 0.306 e. The quantitative estimate of drug-likeness (QED) is 0.0285. The third-order valence-electron chi connectivity index (χ3n) is 13.1. The zero-order valence-corrected chi connectivity index (χ0v) is 43.1. The van der Waals surface area contributed by atoms with Crippen molar-refractivity contribution in [2.45, 2.75) is 271 Å². The Morgan fingerprint density at radius 3 is 1.39 bits per heavy atom. The van der Waals surface area contributed by atoms with Crippen LogP contribution in [0.15, 0.2) is 9.59 Å². The maximum Gasteiger partial charge on any atom is 0.306 e. The predicted molar refractivity (Wildman–Crippen MR) is 276 cm³/mol. The van der Waals surface area contributed by atoms with E-state index in [2.05, 4.69) is 56.9 Å². The average molecular weight is 904 g/mol. The first kappa shape index (κ1) is 61.6. The molecule has 0 fully saturated rings. The maximum absolute atomic E-state index is 13.0. The fourth-order valence-electron chi connectivity index (χ4n) is 9.16. The summed E-state index contributed by atoms with van der Waals surface area (Å²) in [4.78, 5) is 51.3. The van der Waals surface area contributed by atoms with E-state index in [9.17, 15) is 14.4 Å². The van der Waals surface area contributed by atoms with Crippen molar-refractivity contribution in [3.63, 3.8) is 0 Å². The molecule has 0 saturated heterocycles. The molecule has 0 aliphatic heterocycles. The van der Waals surface area contributed by atoms with Crippen molar-refractivity contribution in [1.82, 2.24) is 4.90 Å². The van der Waals surface area contributed by atoms with Gasteiger partial charge in [0.25, 0.3) is 17.3 Å². The largest absolute Gasteiger partial charge is 0.483 e. The molecule has 376 valence electrons. The molecule has 9 nitrogen and oxygen atoms in total. The number of rotatable bonds is 47. The molecule has 64 heavy (non-hydrogen) atoms. The standard InChI is InChI=1S/C54H103N3O4.CH2O2/c1-7-11-14-17-22-29-39-48(40-30-23-18-15-12-8-2)41-31-24-20-27-35-46-57(52-51(53(59)54(52)60)55-44-34-37-45-56(5)6)47-36-28-21-26-33-43-50(58)61-49(38-10-4)42-32-25-19-16-13-9-3;2-1-3/h48-49,55H,7-47H2,1-6H3;1H,(H,2,3). The van der Waals surface area contributed by atoms with E-state index < -0.39 is 0 Å². The van der Waals surface area contributed by atoms with Crippen LogP contribution in [0.5, 0.6) is 0 Å². The van der Waals surface area contributed by atoms with Crippen molar-refractivity contribution in [3.05, 3.63) is 20.4 Å². The molecule has 0 radical (unpaired) electrons.